The monoisotopic (exact) mass is 375 g/mol. The van der Waals surface area contributed by atoms with E-state index in [-0.39, 0.29) is 17.3 Å². The highest BCUT2D eigenvalue weighted by Crippen LogP contribution is 2.21. The largest absolute Gasteiger partial charge is 0.484 e. The van der Waals surface area contributed by atoms with Gasteiger partial charge in [-0.05, 0) is 23.1 Å². The highest BCUT2D eigenvalue weighted by Gasteiger charge is 2.28. The lowest BCUT2D eigenvalue weighted by Crippen LogP contribution is -2.45. The number of benzene rings is 1. The molecule has 1 aromatic carbocycles. The molecule has 148 valence electrons. The number of methoxy groups -OCH3 is 1. The molecular weight excluding hydrogens is 347 g/mol. The van der Waals surface area contributed by atoms with E-state index in [1.165, 1.54) is 6.07 Å². The van der Waals surface area contributed by atoms with Gasteiger partial charge >= 0.3 is 6.18 Å². The summed E-state index contributed by atoms with van der Waals surface area (Å²) >= 11 is 0. The van der Waals surface area contributed by atoms with Crippen molar-refractivity contribution in [2.75, 3.05) is 27.3 Å². The molecule has 0 heterocycles. The van der Waals surface area contributed by atoms with Gasteiger partial charge in [-0.1, -0.05) is 32.9 Å². The SMILES string of the molecule is CN=C(NCc1cccc(OCC(F)(F)F)c1)NCC(OC)C(C)(C)C. The Balaban J connectivity index is 2.56. The van der Waals surface area contributed by atoms with Crippen LogP contribution in [0.25, 0.3) is 0 Å². The van der Waals surface area contributed by atoms with E-state index < -0.39 is 12.8 Å². The molecule has 0 aromatic heterocycles. The molecule has 0 amide bonds. The molecule has 2 N–H and O–H groups in total. The van der Waals surface area contributed by atoms with Crippen molar-refractivity contribution in [1.82, 2.24) is 10.6 Å². The molecule has 1 atom stereocenters. The van der Waals surface area contributed by atoms with E-state index in [0.717, 1.165) is 5.56 Å². The Morgan fingerprint density at radius 2 is 1.88 bits per heavy atom. The first-order valence-corrected chi connectivity index (χ1v) is 8.31. The second kappa shape index (κ2) is 9.66. The average molecular weight is 375 g/mol. The molecule has 1 unspecified atom stereocenters. The molecule has 0 saturated carbocycles. The number of ether oxygens (including phenoxy) is 2. The Kier molecular flexibility index (Phi) is 8.20. The molecule has 1 aromatic rings. The fraction of sp³-hybridized carbons (Fsp3) is 0.611. The van der Waals surface area contributed by atoms with Gasteiger partial charge in [-0.3, -0.25) is 4.99 Å². The van der Waals surface area contributed by atoms with Gasteiger partial charge in [-0.15, -0.1) is 0 Å². The lowest BCUT2D eigenvalue weighted by atomic mass is 9.89. The van der Waals surface area contributed by atoms with Crippen LogP contribution in [0.5, 0.6) is 5.75 Å². The number of rotatable bonds is 7. The standard InChI is InChI=1S/C18H28F3N3O2/c1-17(2,3)15(25-5)11-24-16(22-4)23-10-13-7-6-8-14(9-13)26-12-18(19,20)21/h6-9,15H,10-12H2,1-5H3,(H2,22,23,24). The van der Waals surface area contributed by atoms with Gasteiger partial charge in [-0.25, -0.2) is 0 Å². The Morgan fingerprint density at radius 1 is 1.19 bits per heavy atom. The molecule has 1 rings (SSSR count). The van der Waals surface area contributed by atoms with Gasteiger partial charge in [0.05, 0.1) is 6.10 Å². The number of hydrogen-bond acceptors (Lipinski definition) is 3. The summed E-state index contributed by atoms with van der Waals surface area (Å²) in [6.07, 6.45) is -4.36. The summed E-state index contributed by atoms with van der Waals surface area (Å²) < 4.78 is 46.9. The topological polar surface area (TPSA) is 54.9 Å². The van der Waals surface area contributed by atoms with Crippen LogP contribution in [0.1, 0.15) is 26.3 Å². The van der Waals surface area contributed by atoms with E-state index in [9.17, 15) is 13.2 Å². The van der Waals surface area contributed by atoms with Crippen LogP contribution in [0.2, 0.25) is 0 Å². The number of guanidine groups is 1. The molecule has 0 bridgehead atoms. The summed E-state index contributed by atoms with van der Waals surface area (Å²) in [6.45, 7) is 5.94. The summed E-state index contributed by atoms with van der Waals surface area (Å²) in [6, 6.07) is 6.52. The Morgan fingerprint density at radius 3 is 2.42 bits per heavy atom. The molecule has 0 spiro atoms. The van der Waals surface area contributed by atoms with Crippen LogP contribution < -0.4 is 15.4 Å². The van der Waals surface area contributed by atoms with Crippen LogP contribution in [0.3, 0.4) is 0 Å². The van der Waals surface area contributed by atoms with Crippen LogP contribution in [0.15, 0.2) is 29.3 Å². The molecule has 0 saturated heterocycles. The lowest BCUT2D eigenvalue weighted by Gasteiger charge is -2.30. The lowest BCUT2D eigenvalue weighted by molar-refractivity contribution is -0.153. The van der Waals surface area contributed by atoms with Crippen molar-refractivity contribution in [1.29, 1.82) is 0 Å². The van der Waals surface area contributed by atoms with Crippen molar-refractivity contribution in [3.63, 3.8) is 0 Å². The third-order valence-electron chi connectivity index (χ3n) is 3.69. The fourth-order valence-electron chi connectivity index (χ4n) is 2.25. The molecule has 0 aliphatic rings. The van der Waals surface area contributed by atoms with E-state index in [1.807, 2.05) is 0 Å². The zero-order valence-electron chi connectivity index (χ0n) is 15.9. The maximum Gasteiger partial charge on any atom is 0.422 e. The number of hydrogen-bond donors (Lipinski definition) is 2. The number of alkyl halides is 3. The van der Waals surface area contributed by atoms with Crippen molar-refractivity contribution >= 4 is 5.96 Å². The van der Waals surface area contributed by atoms with Gasteiger partial charge in [0.15, 0.2) is 12.6 Å². The van der Waals surface area contributed by atoms with Crippen molar-refractivity contribution in [2.24, 2.45) is 10.4 Å². The van der Waals surface area contributed by atoms with Crippen LogP contribution in [0.4, 0.5) is 13.2 Å². The third-order valence-corrected chi connectivity index (χ3v) is 3.69. The first-order chi connectivity index (χ1) is 12.0. The third kappa shape index (κ3) is 8.42. The van der Waals surface area contributed by atoms with Crippen molar-refractivity contribution in [2.45, 2.75) is 39.6 Å². The van der Waals surface area contributed by atoms with Crippen LogP contribution in [-0.4, -0.2) is 45.5 Å². The average Bonchev–Trinajstić information content (AvgIpc) is 2.55. The van der Waals surface area contributed by atoms with Crippen molar-refractivity contribution in [3.8, 4) is 5.75 Å². The maximum atomic E-state index is 12.2. The van der Waals surface area contributed by atoms with Crippen molar-refractivity contribution < 1.29 is 22.6 Å². The number of halogens is 3. The molecule has 8 heteroatoms. The second-order valence-corrected chi connectivity index (χ2v) is 6.95. The normalized spacial score (nSPS) is 14.1. The van der Waals surface area contributed by atoms with Crippen molar-refractivity contribution in [3.05, 3.63) is 29.8 Å². The summed E-state index contributed by atoms with van der Waals surface area (Å²) in [4.78, 5) is 4.14. The number of nitrogens with zero attached hydrogens (tertiary/aromatic N) is 1. The zero-order valence-corrected chi connectivity index (χ0v) is 15.9. The Hall–Kier alpha value is -1.96. The minimum absolute atomic E-state index is 0.000136. The van der Waals surface area contributed by atoms with Crippen LogP contribution in [0, 0.1) is 5.41 Å². The second-order valence-electron chi connectivity index (χ2n) is 6.95. The van der Waals surface area contributed by atoms with Crippen LogP contribution >= 0.6 is 0 Å². The summed E-state index contributed by atoms with van der Waals surface area (Å²) in [5.74, 6) is 0.759. The van der Waals surface area contributed by atoms with Gasteiger partial charge in [0.25, 0.3) is 0 Å². The van der Waals surface area contributed by atoms with E-state index in [2.05, 4.69) is 36.4 Å². The first-order valence-electron chi connectivity index (χ1n) is 8.31. The first kappa shape index (κ1) is 22.1. The van der Waals surface area contributed by atoms with Gasteiger partial charge in [-0.2, -0.15) is 13.2 Å². The maximum absolute atomic E-state index is 12.2. The van der Waals surface area contributed by atoms with Gasteiger partial charge in [0.2, 0.25) is 0 Å². The molecule has 26 heavy (non-hydrogen) atoms. The Bertz CT molecular complexity index is 584. The van der Waals surface area contributed by atoms with Gasteiger partial charge < -0.3 is 20.1 Å². The number of nitrogens with one attached hydrogen (secondary N) is 2. The molecular formula is C18H28F3N3O2. The predicted molar refractivity (Wildman–Crippen MR) is 96.4 cm³/mol. The molecule has 0 radical (unpaired) electrons. The smallest absolute Gasteiger partial charge is 0.422 e. The van der Waals surface area contributed by atoms with Crippen LogP contribution in [-0.2, 0) is 11.3 Å². The summed E-state index contributed by atoms with van der Waals surface area (Å²) in [7, 11) is 3.32. The summed E-state index contributed by atoms with van der Waals surface area (Å²) in [5.41, 5.74) is 0.761. The predicted octanol–water partition coefficient (Wildman–Crippen LogP) is 3.35. The Labute approximate surface area is 153 Å². The van der Waals surface area contributed by atoms with E-state index in [0.29, 0.717) is 19.0 Å². The van der Waals surface area contributed by atoms with E-state index >= 15 is 0 Å². The van der Waals surface area contributed by atoms with Gasteiger partial charge in [0, 0.05) is 27.2 Å². The number of aliphatic imine (C=N–C) groups is 1. The zero-order chi connectivity index (χ0) is 19.8. The van der Waals surface area contributed by atoms with E-state index in [1.54, 1.807) is 32.4 Å². The molecule has 0 fully saturated rings. The summed E-state index contributed by atoms with van der Waals surface area (Å²) in [5, 5.41) is 6.31. The fourth-order valence-corrected chi connectivity index (χ4v) is 2.25. The minimum Gasteiger partial charge on any atom is -0.484 e. The van der Waals surface area contributed by atoms with E-state index in [4.69, 9.17) is 9.47 Å². The highest BCUT2D eigenvalue weighted by atomic mass is 19.4. The molecule has 0 aliphatic heterocycles. The minimum atomic E-state index is -4.36. The van der Waals surface area contributed by atoms with Gasteiger partial charge in [0.1, 0.15) is 5.75 Å². The molecule has 5 nitrogen and oxygen atoms in total. The molecule has 0 aliphatic carbocycles. The quantitative estimate of drug-likeness (QED) is 0.567. The highest BCUT2D eigenvalue weighted by molar-refractivity contribution is 5.79.